The first-order valence-electron chi connectivity index (χ1n) is 25.8. The number of allylic oxidation sites excluding steroid dienone is 12. The van der Waals surface area contributed by atoms with Crippen molar-refractivity contribution >= 4 is 25.7 Å². The van der Waals surface area contributed by atoms with Gasteiger partial charge in [-0.2, -0.15) is 0 Å². The van der Waals surface area contributed by atoms with Crippen LogP contribution in [0.25, 0.3) is 0 Å². The Bertz CT molecular complexity index is 1390. The van der Waals surface area contributed by atoms with E-state index in [1.807, 2.05) is 0 Å². The summed E-state index contributed by atoms with van der Waals surface area (Å²) in [7, 11) is -4.75. The van der Waals surface area contributed by atoms with Gasteiger partial charge >= 0.3 is 25.7 Å². The highest BCUT2D eigenvalue weighted by Crippen LogP contribution is 2.43. The molecule has 0 spiro atoms. The lowest BCUT2D eigenvalue weighted by molar-refractivity contribution is -0.161. The first kappa shape index (κ1) is 62.9. The lowest BCUT2D eigenvalue weighted by atomic mass is 10.1. The van der Waals surface area contributed by atoms with Crippen LogP contribution in [0.2, 0.25) is 0 Å². The number of carbonyl (C=O) groups excluding carboxylic acids is 3. The zero-order valence-corrected chi connectivity index (χ0v) is 42.5. The molecule has 3 atom stereocenters. The number of esters is 3. The van der Waals surface area contributed by atoms with E-state index in [9.17, 15) is 28.9 Å². The standard InChI is InChI=1S/C54H93O11P/c1-4-7-10-13-16-19-22-25-28-31-34-37-40-43-52(56)61-47-51(65-54(58)45-42-39-36-33-30-27-24-21-18-15-12-9-6-3)49-63-66(59,60)62-48-50(46-55)64-53(57)44-41-38-35-32-29-26-23-20-17-14-11-8-5-2/h9,11-12,14,18-23,27,30,50-51,55H,4-8,10,13,15-17,24-26,28-29,31-49H2,1-3H3,(H,59,60)/b12-9-,14-11-,21-18-,22-19-,23-20-,30-27-. The van der Waals surface area contributed by atoms with Gasteiger partial charge in [-0.1, -0.05) is 164 Å². The molecule has 66 heavy (non-hydrogen) atoms. The van der Waals surface area contributed by atoms with E-state index in [1.54, 1.807) is 0 Å². The molecule has 0 aliphatic heterocycles. The number of carbonyl (C=O) groups is 3. The molecule has 3 unspecified atom stereocenters. The van der Waals surface area contributed by atoms with Crippen LogP contribution in [-0.4, -0.2) is 66.5 Å². The van der Waals surface area contributed by atoms with Gasteiger partial charge in [0.25, 0.3) is 0 Å². The van der Waals surface area contributed by atoms with Gasteiger partial charge in [0.1, 0.15) is 12.7 Å². The number of unbranched alkanes of at least 4 members (excludes halogenated alkanes) is 18. The fraction of sp³-hybridized carbons (Fsp3) is 0.722. The monoisotopic (exact) mass is 949 g/mol. The molecule has 0 aliphatic rings. The molecule has 0 amide bonds. The Morgan fingerprint density at radius 3 is 1.30 bits per heavy atom. The Labute approximate surface area is 401 Å². The number of ether oxygens (including phenoxy) is 3. The van der Waals surface area contributed by atoms with E-state index < -0.39 is 57.8 Å². The summed E-state index contributed by atoms with van der Waals surface area (Å²) in [6.45, 7) is 4.37. The van der Waals surface area contributed by atoms with Crippen molar-refractivity contribution in [2.24, 2.45) is 0 Å². The molecule has 12 heteroatoms. The van der Waals surface area contributed by atoms with Gasteiger partial charge < -0.3 is 24.2 Å². The summed E-state index contributed by atoms with van der Waals surface area (Å²) in [5.41, 5.74) is 0. The summed E-state index contributed by atoms with van der Waals surface area (Å²) in [5, 5.41) is 9.77. The van der Waals surface area contributed by atoms with Crippen molar-refractivity contribution < 1.29 is 52.2 Å². The second-order valence-electron chi connectivity index (χ2n) is 16.9. The molecule has 0 aromatic carbocycles. The molecular formula is C54H93O11P. The first-order chi connectivity index (χ1) is 32.2. The van der Waals surface area contributed by atoms with Crippen LogP contribution in [-0.2, 0) is 42.2 Å². The molecular weight excluding hydrogens is 856 g/mol. The first-order valence-corrected chi connectivity index (χ1v) is 27.3. The number of hydrogen-bond acceptors (Lipinski definition) is 10. The quantitative estimate of drug-likeness (QED) is 0.0197. The van der Waals surface area contributed by atoms with E-state index in [0.717, 1.165) is 128 Å². The van der Waals surface area contributed by atoms with Gasteiger partial charge in [0.15, 0.2) is 6.10 Å². The molecule has 11 nitrogen and oxygen atoms in total. The van der Waals surface area contributed by atoms with Gasteiger partial charge in [-0.05, 0) is 103 Å². The molecule has 0 aliphatic carbocycles. The number of phosphoric ester groups is 1. The molecule has 0 saturated carbocycles. The van der Waals surface area contributed by atoms with Crippen LogP contribution >= 0.6 is 7.82 Å². The van der Waals surface area contributed by atoms with Crippen LogP contribution in [0.15, 0.2) is 72.9 Å². The Kier molecular flexibility index (Phi) is 46.1. The predicted octanol–water partition coefficient (Wildman–Crippen LogP) is 14.6. The van der Waals surface area contributed by atoms with Crippen molar-refractivity contribution in [3.8, 4) is 0 Å². The molecule has 0 radical (unpaired) electrons. The van der Waals surface area contributed by atoms with Crippen LogP contribution in [0.5, 0.6) is 0 Å². The Hall–Kier alpha value is -3.08. The maximum Gasteiger partial charge on any atom is 0.472 e. The van der Waals surface area contributed by atoms with Crippen molar-refractivity contribution in [2.75, 3.05) is 26.4 Å². The molecule has 0 heterocycles. The summed E-state index contributed by atoms with van der Waals surface area (Å²) >= 11 is 0. The third-order valence-electron chi connectivity index (χ3n) is 10.6. The minimum absolute atomic E-state index is 0.128. The Morgan fingerprint density at radius 2 is 0.818 bits per heavy atom. The minimum atomic E-state index is -4.75. The summed E-state index contributed by atoms with van der Waals surface area (Å²) in [6, 6.07) is 0. The van der Waals surface area contributed by atoms with Crippen LogP contribution in [0.1, 0.15) is 213 Å². The Morgan fingerprint density at radius 1 is 0.439 bits per heavy atom. The largest absolute Gasteiger partial charge is 0.472 e. The van der Waals surface area contributed by atoms with Gasteiger partial charge in [-0.25, -0.2) is 4.57 Å². The van der Waals surface area contributed by atoms with Crippen LogP contribution in [0, 0.1) is 0 Å². The average molecular weight is 949 g/mol. The highest BCUT2D eigenvalue weighted by Gasteiger charge is 2.28. The fourth-order valence-electron chi connectivity index (χ4n) is 6.64. The molecule has 380 valence electrons. The van der Waals surface area contributed by atoms with Gasteiger partial charge in [0.2, 0.25) is 0 Å². The second kappa shape index (κ2) is 48.4. The van der Waals surface area contributed by atoms with Gasteiger partial charge in [-0.15, -0.1) is 0 Å². The minimum Gasteiger partial charge on any atom is -0.462 e. The molecule has 0 aromatic rings. The number of hydrogen-bond donors (Lipinski definition) is 2. The van der Waals surface area contributed by atoms with Crippen molar-refractivity contribution in [2.45, 2.75) is 226 Å². The smallest absolute Gasteiger partial charge is 0.462 e. The summed E-state index contributed by atoms with van der Waals surface area (Å²) < 4.78 is 39.3. The van der Waals surface area contributed by atoms with E-state index >= 15 is 0 Å². The third-order valence-corrected chi connectivity index (χ3v) is 11.5. The molecule has 0 saturated heterocycles. The maximum absolute atomic E-state index is 12.8. The highest BCUT2D eigenvalue weighted by atomic mass is 31.2. The lowest BCUT2D eigenvalue weighted by Gasteiger charge is -2.21. The van der Waals surface area contributed by atoms with Crippen LogP contribution in [0.4, 0.5) is 0 Å². The van der Waals surface area contributed by atoms with E-state index in [2.05, 4.69) is 93.7 Å². The molecule has 0 fully saturated rings. The number of aliphatic hydroxyl groups is 1. The fourth-order valence-corrected chi connectivity index (χ4v) is 7.42. The van der Waals surface area contributed by atoms with Crippen molar-refractivity contribution in [1.29, 1.82) is 0 Å². The lowest BCUT2D eigenvalue weighted by Crippen LogP contribution is -2.30. The second-order valence-corrected chi connectivity index (χ2v) is 18.4. The summed E-state index contributed by atoms with van der Waals surface area (Å²) in [4.78, 5) is 48.3. The third kappa shape index (κ3) is 46.0. The zero-order chi connectivity index (χ0) is 48.4. The average Bonchev–Trinajstić information content (AvgIpc) is 3.30. The van der Waals surface area contributed by atoms with E-state index in [1.165, 1.54) is 25.7 Å². The summed E-state index contributed by atoms with van der Waals surface area (Å²) in [6.07, 6.45) is 51.6. The molecule has 2 N–H and O–H groups in total. The van der Waals surface area contributed by atoms with Crippen molar-refractivity contribution in [3.63, 3.8) is 0 Å². The van der Waals surface area contributed by atoms with Crippen LogP contribution in [0.3, 0.4) is 0 Å². The SMILES string of the molecule is CC/C=C\C/C=C\C/C=C\CCCCCC(=O)OC(COC(=O)CCCCCCC/C=C\CCCCCC)COP(=O)(O)OCC(CO)OC(=O)CCCCCCC/C=C\C/C=C\CCC. The predicted molar refractivity (Wildman–Crippen MR) is 270 cm³/mol. The molecule has 0 aromatic heterocycles. The maximum atomic E-state index is 12.8. The van der Waals surface area contributed by atoms with Crippen molar-refractivity contribution in [1.82, 2.24) is 0 Å². The number of phosphoric acid groups is 1. The zero-order valence-electron chi connectivity index (χ0n) is 41.6. The summed E-state index contributed by atoms with van der Waals surface area (Å²) in [5.74, 6) is -1.53. The van der Waals surface area contributed by atoms with Gasteiger partial charge in [0, 0.05) is 19.3 Å². The molecule has 0 bridgehead atoms. The van der Waals surface area contributed by atoms with E-state index in [0.29, 0.717) is 19.3 Å². The van der Waals surface area contributed by atoms with Gasteiger partial charge in [0.05, 0.1) is 19.8 Å². The van der Waals surface area contributed by atoms with E-state index in [4.69, 9.17) is 23.3 Å². The normalized spacial score (nSPS) is 14.1. The van der Waals surface area contributed by atoms with Gasteiger partial charge in [-0.3, -0.25) is 23.4 Å². The van der Waals surface area contributed by atoms with E-state index in [-0.39, 0.29) is 25.9 Å². The highest BCUT2D eigenvalue weighted by molar-refractivity contribution is 7.47. The van der Waals surface area contributed by atoms with Crippen molar-refractivity contribution in [3.05, 3.63) is 72.9 Å². The van der Waals surface area contributed by atoms with Crippen LogP contribution < -0.4 is 0 Å². The topological polar surface area (TPSA) is 155 Å². The number of rotatable bonds is 47. The molecule has 0 rings (SSSR count). The Balaban J connectivity index is 4.80. The number of aliphatic hydroxyl groups excluding tert-OH is 1.